The first-order valence-electron chi connectivity index (χ1n) is 10.1. The van der Waals surface area contributed by atoms with E-state index in [2.05, 4.69) is 10.2 Å². The number of aryl methyl sites for hydroxylation is 1. The number of ether oxygens (including phenoxy) is 2. The molecule has 1 aliphatic rings. The van der Waals surface area contributed by atoms with Crippen molar-refractivity contribution in [3.05, 3.63) is 48.0 Å². The van der Waals surface area contributed by atoms with E-state index in [1.807, 2.05) is 12.1 Å². The Morgan fingerprint density at radius 1 is 1.10 bits per heavy atom. The van der Waals surface area contributed by atoms with Crippen LogP contribution < -0.4 is 14.8 Å². The zero-order chi connectivity index (χ0) is 20.6. The molecule has 1 aliphatic heterocycles. The Hall–Kier alpha value is -2.73. The van der Waals surface area contributed by atoms with Crippen LogP contribution in [-0.4, -0.2) is 49.8 Å². The Morgan fingerprint density at radius 3 is 2.48 bits per heavy atom. The molecule has 0 atom stereocenters. The van der Waals surface area contributed by atoms with Gasteiger partial charge in [-0.25, -0.2) is 0 Å². The van der Waals surface area contributed by atoms with Crippen LogP contribution in [-0.2, 0) is 11.2 Å². The van der Waals surface area contributed by atoms with Crippen LogP contribution in [0, 0.1) is 5.92 Å². The summed E-state index contributed by atoms with van der Waals surface area (Å²) in [4.78, 5) is 14.7. The van der Waals surface area contributed by atoms with E-state index in [-0.39, 0.29) is 5.91 Å². The van der Waals surface area contributed by atoms with E-state index in [1.54, 1.807) is 44.6 Å². The standard InChI is InChI=1S/C23H30N2O4/c1-28-20-9-10-22(29-2)21(15-20)24-23(27)16-25-13-11-18(12-14-25)4-3-17-5-7-19(26)8-6-17/h5-10,15,18,26H,3-4,11-14,16H2,1-2H3,(H,24,27). The largest absolute Gasteiger partial charge is 0.508 e. The summed E-state index contributed by atoms with van der Waals surface area (Å²) >= 11 is 0. The fraction of sp³-hybridized carbons (Fsp3) is 0.435. The van der Waals surface area contributed by atoms with Crippen LogP contribution in [0.25, 0.3) is 0 Å². The van der Waals surface area contributed by atoms with Crippen molar-refractivity contribution in [2.24, 2.45) is 5.92 Å². The molecule has 2 aromatic carbocycles. The lowest BCUT2D eigenvalue weighted by molar-refractivity contribution is -0.117. The first-order valence-corrected chi connectivity index (χ1v) is 10.1. The number of phenolic OH excluding ortho intramolecular Hbond substituents is 1. The van der Waals surface area contributed by atoms with Gasteiger partial charge in [0.05, 0.1) is 26.5 Å². The predicted molar refractivity (Wildman–Crippen MR) is 114 cm³/mol. The highest BCUT2D eigenvalue weighted by atomic mass is 16.5. The topological polar surface area (TPSA) is 71.0 Å². The van der Waals surface area contributed by atoms with Crippen molar-refractivity contribution in [3.8, 4) is 17.2 Å². The minimum atomic E-state index is -0.0425. The average molecular weight is 399 g/mol. The maximum Gasteiger partial charge on any atom is 0.238 e. The van der Waals surface area contributed by atoms with Crippen LogP contribution >= 0.6 is 0 Å². The number of hydrogen-bond donors (Lipinski definition) is 2. The molecule has 0 aromatic heterocycles. The third-order valence-electron chi connectivity index (χ3n) is 5.53. The number of aromatic hydroxyl groups is 1. The van der Waals surface area contributed by atoms with Crippen molar-refractivity contribution in [2.45, 2.75) is 25.7 Å². The molecule has 0 spiro atoms. The van der Waals surface area contributed by atoms with E-state index in [1.165, 1.54) is 5.56 Å². The van der Waals surface area contributed by atoms with Crippen molar-refractivity contribution in [2.75, 3.05) is 39.2 Å². The van der Waals surface area contributed by atoms with Crippen LogP contribution in [0.4, 0.5) is 5.69 Å². The highest BCUT2D eigenvalue weighted by molar-refractivity contribution is 5.94. The molecular weight excluding hydrogens is 368 g/mol. The Balaban J connectivity index is 1.43. The second kappa shape index (κ2) is 10.2. The van der Waals surface area contributed by atoms with E-state index in [4.69, 9.17) is 9.47 Å². The van der Waals surface area contributed by atoms with E-state index >= 15 is 0 Å². The summed E-state index contributed by atoms with van der Waals surface area (Å²) in [5.41, 5.74) is 1.89. The van der Waals surface area contributed by atoms with Gasteiger partial charge in [-0.05, 0) is 74.5 Å². The van der Waals surface area contributed by atoms with Crippen LogP contribution in [0.2, 0.25) is 0 Å². The van der Waals surface area contributed by atoms with Gasteiger partial charge in [0.2, 0.25) is 5.91 Å². The number of carbonyl (C=O) groups is 1. The van der Waals surface area contributed by atoms with Crippen LogP contribution in [0.3, 0.4) is 0 Å². The van der Waals surface area contributed by atoms with Crippen LogP contribution in [0.1, 0.15) is 24.8 Å². The second-order valence-electron chi connectivity index (χ2n) is 7.54. The number of rotatable bonds is 8. The van der Waals surface area contributed by atoms with Crippen molar-refractivity contribution < 1.29 is 19.4 Å². The molecule has 1 saturated heterocycles. The van der Waals surface area contributed by atoms with Crippen molar-refractivity contribution in [3.63, 3.8) is 0 Å². The Kier molecular flexibility index (Phi) is 7.36. The molecule has 0 saturated carbocycles. The molecule has 1 heterocycles. The van der Waals surface area contributed by atoms with Gasteiger partial charge in [0, 0.05) is 6.07 Å². The fourth-order valence-electron chi connectivity index (χ4n) is 3.77. The number of phenols is 1. The lowest BCUT2D eigenvalue weighted by Crippen LogP contribution is -2.39. The molecule has 2 N–H and O–H groups in total. The summed E-state index contributed by atoms with van der Waals surface area (Å²) in [5.74, 6) is 2.25. The minimum absolute atomic E-state index is 0.0425. The molecule has 6 nitrogen and oxygen atoms in total. The first-order chi connectivity index (χ1) is 14.1. The molecule has 0 unspecified atom stereocenters. The second-order valence-corrected chi connectivity index (χ2v) is 7.54. The third-order valence-corrected chi connectivity index (χ3v) is 5.53. The van der Waals surface area contributed by atoms with Gasteiger partial charge in [-0.1, -0.05) is 12.1 Å². The number of likely N-dealkylation sites (tertiary alicyclic amines) is 1. The number of nitrogens with zero attached hydrogens (tertiary/aromatic N) is 1. The summed E-state index contributed by atoms with van der Waals surface area (Å²) in [6.45, 7) is 2.25. The van der Waals surface area contributed by atoms with Gasteiger partial charge in [0.1, 0.15) is 17.2 Å². The normalized spacial score (nSPS) is 15.1. The van der Waals surface area contributed by atoms with Crippen LogP contribution in [0.15, 0.2) is 42.5 Å². The average Bonchev–Trinajstić information content (AvgIpc) is 2.74. The monoisotopic (exact) mass is 398 g/mol. The van der Waals surface area contributed by atoms with Gasteiger partial charge in [0.25, 0.3) is 0 Å². The lowest BCUT2D eigenvalue weighted by Gasteiger charge is -2.31. The van der Waals surface area contributed by atoms with Gasteiger partial charge in [-0.2, -0.15) is 0 Å². The van der Waals surface area contributed by atoms with Gasteiger partial charge >= 0.3 is 0 Å². The molecule has 0 bridgehead atoms. The number of methoxy groups -OCH3 is 2. The number of anilines is 1. The van der Waals surface area contributed by atoms with E-state index in [9.17, 15) is 9.90 Å². The third kappa shape index (κ3) is 6.12. The Labute approximate surface area is 172 Å². The zero-order valence-corrected chi connectivity index (χ0v) is 17.2. The Bertz CT molecular complexity index is 799. The van der Waals surface area contributed by atoms with Gasteiger partial charge in [-0.15, -0.1) is 0 Å². The van der Waals surface area contributed by atoms with Crippen molar-refractivity contribution in [1.82, 2.24) is 4.90 Å². The summed E-state index contributed by atoms with van der Waals surface area (Å²) in [6, 6.07) is 12.8. The number of benzene rings is 2. The minimum Gasteiger partial charge on any atom is -0.508 e. The molecular formula is C23H30N2O4. The number of nitrogens with one attached hydrogen (secondary N) is 1. The Morgan fingerprint density at radius 2 is 1.83 bits per heavy atom. The summed E-state index contributed by atoms with van der Waals surface area (Å²) < 4.78 is 10.6. The number of hydrogen-bond acceptors (Lipinski definition) is 5. The lowest BCUT2D eigenvalue weighted by atomic mass is 9.90. The molecule has 0 radical (unpaired) electrons. The van der Waals surface area contributed by atoms with E-state index in [0.29, 0.717) is 35.4 Å². The summed E-state index contributed by atoms with van der Waals surface area (Å²) in [5, 5.41) is 12.3. The molecule has 29 heavy (non-hydrogen) atoms. The molecule has 6 heteroatoms. The smallest absolute Gasteiger partial charge is 0.238 e. The maximum absolute atomic E-state index is 12.5. The number of amides is 1. The first kappa shape index (κ1) is 21.0. The van der Waals surface area contributed by atoms with Gasteiger partial charge in [0.15, 0.2) is 0 Å². The quantitative estimate of drug-likeness (QED) is 0.710. The molecule has 2 aromatic rings. The fourth-order valence-corrected chi connectivity index (χ4v) is 3.77. The maximum atomic E-state index is 12.5. The molecule has 0 aliphatic carbocycles. The molecule has 3 rings (SSSR count). The van der Waals surface area contributed by atoms with Crippen molar-refractivity contribution in [1.29, 1.82) is 0 Å². The van der Waals surface area contributed by atoms with E-state index < -0.39 is 0 Å². The zero-order valence-electron chi connectivity index (χ0n) is 17.2. The highest BCUT2D eigenvalue weighted by Gasteiger charge is 2.21. The van der Waals surface area contributed by atoms with Crippen molar-refractivity contribution >= 4 is 11.6 Å². The number of carbonyl (C=O) groups excluding carboxylic acids is 1. The molecule has 1 fully saturated rings. The summed E-state index contributed by atoms with van der Waals surface area (Å²) in [7, 11) is 3.18. The predicted octanol–water partition coefficient (Wildman–Crippen LogP) is 3.69. The van der Waals surface area contributed by atoms with Gasteiger partial charge in [-0.3, -0.25) is 9.69 Å². The SMILES string of the molecule is COc1ccc(OC)c(NC(=O)CN2CCC(CCc3ccc(O)cc3)CC2)c1. The summed E-state index contributed by atoms with van der Waals surface area (Å²) in [6.07, 6.45) is 4.38. The highest BCUT2D eigenvalue weighted by Crippen LogP contribution is 2.29. The van der Waals surface area contributed by atoms with Gasteiger partial charge < -0.3 is 19.9 Å². The molecule has 1 amide bonds. The van der Waals surface area contributed by atoms with Crippen LogP contribution in [0.5, 0.6) is 17.2 Å². The van der Waals surface area contributed by atoms with E-state index in [0.717, 1.165) is 38.8 Å². The number of piperidine rings is 1. The molecule has 156 valence electrons.